The number of aryl methyl sites for hydroxylation is 1. The van der Waals surface area contributed by atoms with E-state index in [4.69, 9.17) is 4.74 Å². The standard InChI is InChI=1S/C20H20N2O2/c1-12-4-3-5-13(8-12)20(23)21-14-9-16-17-11-15(24-2)6-7-18(17)22-19(16)10-14/h3-8,11,14,22H,9-10H2,1-2H3,(H,21,23). The van der Waals surface area contributed by atoms with E-state index < -0.39 is 0 Å². The van der Waals surface area contributed by atoms with Gasteiger partial charge in [0.15, 0.2) is 0 Å². The molecule has 0 saturated heterocycles. The topological polar surface area (TPSA) is 54.1 Å². The van der Waals surface area contributed by atoms with E-state index in [2.05, 4.69) is 16.4 Å². The van der Waals surface area contributed by atoms with Gasteiger partial charge in [-0.1, -0.05) is 17.7 Å². The number of amides is 1. The van der Waals surface area contributed by atoms with Crippen LogP contribution in [0.3, 0.4) is 0 Å². The highest BCUT2D eigenvalue weighted by molar-refractivity contribution is 5.95. The Hall–Kier alpha value is -2.75. The number of carbonyl (C=O) groups is 1. The van der Waals surface area contributed by atoms with E-state index in [-0.39, 0.29) is 11.9 Å². The number of methoxy groups -OCH3 is 1. The molecule has 1 heterocycles. The van der Waals surface area contributed by atoms with E-state index >= 15 is 0 Å². The Labute approximate surface area is 140 Å². The average Bonchev–Trinajstić information content (AvgIpc) is 3.11. The first-order valence-electron chi connectivity index (χ1n) is 8.19. The van der Waals surface area contributed by atoms with Crippen molar-refractivity contribution < 1.29 is 9.53 Å². The van der Waals surface area contributed by atoms with Gasteiger partial charge in [0.25, 0.3) is 5.91 Å². The Bertz CT molecular complexity index is 927. The summed E-state index contributed by atoms with van der Waals surface area (Å²) in [5, 5.41) is 4.35. The highest BCUT2D eigenvalue weighted by Crippen LogP contribution is 2.32. The van der Waals surface area contributed by atoms with Crippen molar-refractivity contribution in [3.05, 3.63) is 64.8 Å². The summed E-state index contributed by atoms with van der Waals surface area (Å²) in [4.78, 5) is 15.9. The quantitative estimate of drug-likeness (QED) is 0.777. The fraction of sp³-hybridized carbons (Fsp3) is 0.250. The lowest BCUT2D eigenvalue weighted by molar-refractivity contribution is 0.0938. The number of ether oxygens (including phenoxy) is 1. The van der Waals surface area contributed by atoms with Crippen LogP contribution in [0.15, 0.2) is 42.5 Å². The molecule has 0 radical (unpaired) electrons. The van der Waals surface area contributed by atoms with Crippen LogP contribution >= 0.6 is 0 Å². The van der Waals surface area contributed by atoms with Gasteiger partial charge in [0.1, 0.15) is 5.75 Å². The van der Waals surface area contributed by atoms with Crippen LogP contribution in [0.1, 0.15) is 27.2 Å². The van der Waals surface area contributed by atoms with E-state index in [9.17, 15) is 4.79 Å². The van der Waals surface area contributed by atoms with Gasteiger partial charge in [-0.15, -0.1) is 0 Å². The third-order valence-electron chi connectivity index (χ3n) is 4.72. The summed E-state index contributed by atoms with van der Waals surface area (Å²) in [6, 6.07) is 13.9. The summed E-state index contributed by atoms with van der Waals surface area (Å²) in [6.07, 6.45) is 1.68. The van der Waals surface area contributed by atoms with Gasteiger partial charge in [-0.2, -0.15) is 0 Å². The first-order chi connectivity index (χ1) is 11.6. The monoisotopic (exact) mass is 320 g/mol. The number of aromatic nitrogens is 1. The Morgan fingerprint density at radius 1 is 1.21 bits per heavy atom. The van der Waals surface area contributed by atoms with Gasteiger partial charge in [0.05, 0.1) is 7.11 Å². The molecule has 24 heavy (non-hydrogen) atoms. The number of rotatable bonds is 3. The maximum atomic E-state index is 12.4. The van der Waals surface area contributed by atoms with Crippen molar-refractivity contribution in [3.63, 3.8) is 0 Å². The van der Waals surface area contributed by atoms with E-state index in [1.165, 1.54) is 16.6 Å². The molecule has 4 nitrogen and oxygen atoms in total. The zero-order chi connectivity index (χ0) is 16.7. The molecule has 0 fully saturated rings. The number of H-pyrrole nitrogens is 1. The number of carbonyl (C=O) groups excluding carboxylic acids is 1. The van der Waals surface area contributed by atoms with Crippen LogP contribution < -0.4 is 10.1 Å². The SMILES string of the molecule is COc1ccc2[nH]c3c(c2c1)CC(NC(=O)c1cccc(C)c1)C3. The average molecular weight is 320 g/mol. The van der Waals surface area contributed by atoms with Crippen molar-refractivity contribution in [1.29, 1.82) is 0 Å². The lowest BCUT2D eigenvalue weighted by Gasteiger charge is -2.13. The molecule has 1 aromatic heterocycles. The summed E-state index contributed by atoms with van der Waals surface area (Å²) in [6.45, 7) is 2.00. The van der Waals surface area contributed by atoms with Crippen LogP contribution in [0.4, 0.5) is 0 Å². The summed E-state index contributed by atoms with van der Waals surface area (Å²) < 4.78 is 5.33. The molecule has 3 aromatic rings. The Morgan fingerprint density at radius 2 is 2.08 bits per heavy atom. The van der Waals surface area contributed by atoms with Gasteiger partial charge in [-0.25, -0.2) is 0 Å². The van der Waals surface area contributed by atoms with Crippen LogP contribution in [-0.4, -0.2) is 24.0 Å². The predicted molar refractivity (Wildman–Crippen MR) is 94.7 cm³/mol. The minimum atomic E-state index is -0.00395. The minimum Gasteiger partial charge on any atom is -0.497 e. The van der Waals surface area contributed by atoms with Gasteiger partial charge in [0, 0.05) is 34.6 Å². The van der Waals surface area contributed by atoms with Crippen molar-refractivity contribution in [2.24, 2.45) is 0 Å². The zero-order valence-corrected chi connectivity index (χ0v) is 13.8. The molecule has 0 spiro atoms. The normalized spacial score (nSPS) is 16.2. The van der Waals surface area contributed by atoms with Crippen molar-refractivity contribution in [3.8, 4) is 5.75 Å². The molecular weight excluding hydrogens is 300 g/mol. The van der Waals surface area contributed by atoms with Crippen LogP contribution in [-0.2, 0) is 12.8 Å². The molecule has 0 aliphatic heterocycles. The lowest BCUT2D eigenvalue weighted by atomic mass is 10.1. The van der Waals surface area contributed by atoms with Gasteiger partial charge >= 0.3 is 0 Å². The third kappa shape index (κ3) is 2.54. The highest BCUT2D eigenvalue weighted by Gasteiger charge is 2.27. The number of hydrogen-bond donors (Lipinski definition) is 2. The van der Waals surface area contributed by atoms with Gasteiger partial charge < -0.3 is 15.0 Å². The molecule has 1 aliphatic carbocycles. The van der Waals surface area contributed by atoms with Crippen molar-refractivity contribution in [1.82, 2.24) is 10.3 Å². The van der Waals surface area contributed by atoms with E-state index in [1.54, 1.807) is 7.11 Å². The molecule has 1 aliphatic rings. The zero-order valence-electron chi connectivity index (χ0n) is 13.8. The molecule has 4 heteroatoms. The summed E-state index contributed by atoms with van der Waals surface area (Å²) in [5.41, 5.74) is 5.45. The third-order valence-corrected chi connectivity index (χ3v) is 4.72. The summed E-state index contributed by atoms with van der Waals surface area (Å²) >= 11 is 0. The second kappa shape index (κ2) is 5.71. The molecular formula is C20H20N2O2. The molecule has 4 rings (SSSR count). The van der Waals surface area contributed by atoms with Crippen molar-refractivity contribution in [2.45, 2.75) is 25.8 Å². The lowest BCUT2D eigenvalue weighted by Crippen LogP contribution is -2.35. The van der Waals surface area contributed by atoms with Gasteiger partial charge in [-0.3, -0.25) is 4.79 Å². The fourth-order valence-corrected chi connectivity index (χ4v) is 3.54. The van der Waals surface area contributed by atoms with Crippen molar-refractivity contribution in [2.75, 3.05) is 7.11 Å². The van der Waals surface area contributed by atoms with Crippen LogP contribution in [0.5, 0.6) is 5.75 Å². The predicted octanol–water partition coefficient (Wildman–Crippen LogP) is 3.38. The highest BCUT2D eigenvalue weighted by atomic mass is 16.5. The first-order valence-corrected chi connectivity index (χ1v) is 8.19. The number of nitrogens with one attached hydrogen (secondary N) is 2. The maximum absolute atomic E-state index is 12.4. The number of fused-ring (bicyclic) bond motifs is 3. The maximum Gasteiger partial charge on any atom is 0.251 e. The Kier molecular flexibility index (Phi) is 3.53. The Balaban J connectivity index is 1.54. The minimum absolute atomic E-state index is 0.00395. The van der Waals surface area contributed by atoms with Crippen molar-refractivity contribution >= 4 is 16.8 Å². The molecule has 1 unspecified atom stereocenters. The van der Waals surface area contributed by atoms with E-state index in [0.29, 0.717) is 0 Å². The fourth-order valence-electron chi connectivity index (χ4n) is 3.54. The second-order valence-electron chi connectivity index (χ2n) is 6.44. The smallest absolute Gasteiger partial charge is 0.251 e. The largest absolute Gasteiger partial charge is 0.497 e. The Morgan fingerprint density at radius 3 is 2.88 bits per heavy atom. The molecule has 1 amide bonds. The summed E-state index contributed by atoms with van der Waals surface area (Å²) in [7, 11) is 1.68. The first kappa shape index (κ1) is 14.8. The summed E-state index contributed by atoms with van der Waals surface area (Å²) in [5.74, 6) is 0.854. The molecule has 0 bridgehead atoms. The van der Waals surface area contributed by atoms with E-state index in [1.807, 2.05) is 43.3 Å². The number of hydrogen-bond acceptors (Lipinski definition) is 2. The molecule has 2 aromatic carbocycles. The van der Waals surface area contributed by atoms with Crippen LogP contribution in [0.2, 0.25) is 0 Å². The van der Waals surface area contributed by atoms with Crippen LogP contribution in [0.25, 0.3) is 10.9 Å². The molecule has 1 atom stereocenters. The van der Waals surface area contributed by atoms with E-state index in [0.717, 1.165) is 35.2 Å². The van der Waals surface area contributed by atoms with Gasteiger partial charge in [-0.05, 0) is 49.2 Å². The van der Waals surface area contributed by atoms with Gasteiger partial charge in [0.2, 0.25) is 0 Å². The molecule has 2 N–H and O–H groups in total. The molecule has 0 saturated carbocycles. The van der Waals surface area contributed by atoms with Crippen LogP contribution in [0, 0.1) is 6.92 Å². The number of benzene rings is 2. The second-order valence-corrected chi connectivity index (χ2v) is 6.44. The molecule has 122 valence electrons. The number of aromatic amines is 1.